The number of hydrogen-bond donors (Lipinski definition) is 0. The van der Waals surface area contributed by atoms with Crippen molar-refractivity contribution in [1.29, 1.82) is 5.26 Å². The molecule has 2 aliphatic heterocycles. The average molecular weight is 371 g/mol. The molecule has 3 aromatic rings. The highest BCUT2D eigenvalue weighted by molar-refractivity contribution is 6.09. The summed E-state index contributed by atoms with van der Waals surface area (Å²) in [6, 6.07) is 7.68. The lowest BCUT2D eigenvalue weighted by molar-refractivity contribution is 0.0996. The van der Waals surface area contributed by atoms with Gasteiger partial charge in [-0.15, -0.1) is 0 Å². The number of rotatable bonds is 3. The number of amides is 1. The normalized spacial score (nSPS) is 15.8. The number of fused-ring (bicyclic) bond motifs is 1. The Morgan fingerprint density at radius 1 is 1.07 bits per heavy atom. The van der Waals surface area contributed by atoms with Crippen LogP contribution in [-0.4, -0.2) is 38.7 Å². The summed E-state index contributed by atoms with van der Waals surface area (Å²) in [6.45, 7) is 2.46. The molecular weight excluding hydrogens is 354 g/mol. The highest BCUT2D eigenvalue weighted by Crippen LogP contribution is 2.28. The molecule has 3 aromatic heterocycles. The van der Waals surface area contributed by atoms with E-state index in [9.17, 15) is 4.79 Å². The Bertz CT molecular complexity index is 1090. The van der Waals surface area contributed by atoms with E-state index in [-0.39, 0.29) is 5.91 Å². The predicted octanol–water partition coefficient (Wildman–Crippen LogP) is 2.29. The standard InChI is InChI=1S/C20H17N7O/c21-8-14-7-16(10-22-9-14)26-13-18-17(20(26)28)12-27(24-18)15-3-4-19(23-11-15)25-5-1-2-6-25/h3-4,7,9-12H,1-2,5-6,13H2. The zero-order chi connectivity index (χ0) is 19.1. The molecule has 0 aromatic carbocycles. The van der Waals surface area contributed by atoms with Gasteiger partial charge in [0.25, 0.3) is 5.91 Å². The van der Waals surface area contributed by atoms with Crippen molar-refractivity contribution < 1.29 is 4.79 Å². The van der Waals surface area contributed by atoms with Gasteiger partial charge in [0.15, 0.2) is 0 Å². The Hall–Kier alpha value is -3.73. The number of anilines is 2. The first-order chi connectivity index (χ1) is 13.7. The lowest BCUT2D eigenvalue weighted by atomic mass is 10.2. The molecule has 2 aliphatic rings. The molecule has 0 atom stereocenters. The molecular formula is C20H17N7O. The van der Waals surface area contributed by atoms with E-state index in [4.69, 9.17) is 5.26 Å². The van der Waals surface area contributed by atoms with Gasteiger partial charge in [-0.05, 0) is 31.0 Å². The summed E-state index contributed by atoms with van der Waals surface area (Å²) < 4.78 is 1.70. The summed E-state index contributed by atoms with van der Waals surface area (Å²) in [5, 5.41) is 13.6. The minimum atomic E-state index is -0.139. The molecule has 0 aliphatic carbocycles. The molecule has 8 nitrogen and oxygen atoms in total. The molecule has 5 heterocycles. The van der Waals surface area contributed by atoms with E-state index < -0.39 is 0 Å². The number of carbonyl (C=O) groups excluding carboxylic acids is 1. The van der Waals surface area contributed by atoms with Crippen LogP contribution in [-0.2, 0) is 6.54 Å². The minimum absolute atomic E-state index is 0.139. The maximum Gasteiger partial charge on any atom is 0.262 e. The van der Waals surface area contributed by atoms with Crippen molar-refractivity contribution in [2.75, 3.05) is 22.9 Å². The molecule has 5 rings (SSSR count). The largest absolute Gasteiger partial charge is 0.357 e. The Morgan fingerprint density at radius 2 is 1.93 bits per heavy atom. The predicted molar refractivity (Wildman–Crippen MR) is 102 cm³/mol. The Kier molecular flexibility index (Phi) is 3.79. The second-order valence-electron chi connectivity index (χ2n) is 6.94. The molecule has 0 bridgehead atoms. The van der Waals surface area contributed by atoms with Crippen LogP contribution in [0, 0.1) is 11.3 Å². The van der Waals surface area contributed by atoms with E-state index in [2.05, 4.69) is 20.0 Å². The van der Waals surface area contributed by atoms with Crippen molar-refractivity contribution in [2.24, 2.45) is 0 Å². The molecule has 0 saturated carbocycles. The van der Waals surface area contributed by atoms with Gasteiger partial charge in [0.2, 0.25) is 0 Å². The summed E-state index contributed by atoms with van der Waals surface area (Å²) in [6.07, 6.45) is 9.01. The smallest absolute Gasteiger partial charge is 0.262 e. The SMILES string of the molecule is N#Cc1cncc(N2Cc3nn(-c4ccc(N5CCCC5)nc4)cc3C2=O)c1. The first-order valence-electron chi connectivity index (χ1n) is 9.20. The monoisotopic (exact) mass is 371 g/mol. The fourth-order valence-corrected chi connectivity index (χ4v) is 3.70. The summed E-state index contributed by atoms with van der Waals surface area (Å²) in [4.78, 5) is 25.3. The number of aromatic nitrogens is 4. The number of hydrogen-bond acceptors (Lipinski definition) is 6. The van der Waals surface area contributed by atoms with Crippen molar-refractivity contribution in [3.8, 4) is 11.8 Å². The third kappa shape index (κ3) is 2.68. The Balaban J connectivity index is 1.39. The number of carbonyl (C=O) groups is 1. The molecule has 28 heavy (non-hydrogen) atoms. The Labute approximate surface area is 161 Å². The van der Waals surface area contributed by atoms with Crippen molar-refractivity contribution >= 4 is 17.4 Å². The van der Waals surface area contributed by atoms with Crippen LogP contribution in [0.3, 0.4) is 0 Å². The zero-order valence-corrected chi connectivity index (χ0v) is 15.1. The van der Waals surface area contributed by atoms with Crippen LogP contribution >= 0.6 is 0 Å². The van der Waals surface area contributed by atoms with Gasteiger partial charge in [-0.1, -0.05) is 0 Å². The summed E-state index contributed by atoms with van der Waals surface area (Å²) in [5.74, 6) is 0.841. The fraction of sp³-hybridized carbons (Fsp3) is 0.250. The van der Waals surface area contributed by atoms with E-state index in [0.29, 0.717) is 29.1 Å². The van der Waals surface area contributed by atoms with Gasteiger partial charge < -0.3 is 9.80 Å². The topological polar surface area (TPSA) is 90.9 Å². The number of nitriles is 1. The van der Waals surface area contributed by atoms with Crippen LogP contribution in [0.1, 0.15) is 34.5 Å². The first kappa shape index (κ1) is 16.4. The van der Waals surface area contributed by atoms with Crippen molar-refractivity contribution in [3.63, 3.8) is 0 Å². The number of pyridine rings is 2. The molecule has 8 heteroatoms. The average Bonchev–Trinajstić information content (AvgIpc) is 3.46. The molecule has 0 unspecified atom stereocenters. The van der Waals surface area contributed by atoms with E-state index in [1.165, 1.54) is 19.0 Å². The highest BCUT2D eigenvalue weighted by atomic mass is 16.2. The summed E-state index contributed by atoms with van der Waals surface area (Å²) in [5.41, 5.74) is 3.11. The molecule has 1 fully saturated rings. The van der Waals surface area contributed by atoms with Gasteiger partial charge in [0.1, 0.15) is 11.9 Å². The van der Waals surface area contributed by atoms with Crippen LogP contribution in [0.5, 0.6) is 0 Å². The molecule has 0 N–H and O–H groups in total. The summed E-state index contributed by atoms with van der Waals surface area (Å²) in [7, 11) is 0. The maximum atomic E-state index is 12.8. The van der Waals surface area contributed by atoms with Crippen LogP contribution in [0.2, 0.25) is 0 Å². The Morgan fingerprint density at radius 3 is 2.64 bits per heavy atom. The lowest BCUT2D eigenvalue weighted by Gasteiger charge is -2.16. The lowest BCUT2D eigenvalue weighted by Crippen LogP contribution is -2.24. The van der Waals surface area contributed by atoms with Crippen LogP contribution in [0.15, 0.2) is 43.0 Å². The molecule has 138 valence electrons. The highest BCUT2D eigenvalue weighted by Gasteiger charge is 2.32. The second-order valence-corrected chi connectivity index (χ2v) is 6.94. The van der Waals surface area contributed by atoms with Crippen LogP contribution in [0.25, 0.3) is 5.69 Å². The van der Waals surface area contributed by atoms with Gasteiger partial charge in [-0.3, -0.25) is 9.78 Å². The molecule has 1 amide bonds. The fourth-order valence-electron chi connectivity index (χ4n) is 3.70. The molecule has 1 saturated heterocycles. The quantitative estimate of drug-likeness (QED) is 0.702. The molecule has 0 radical (unpaired) electrons. The van der Waals surface area contributed by atoms with Crippen molar-refractivity contribution in [3.05, 3.63) is 59.8 Å². The van der Waals surface area contributed by atoms with E-state index in [0.717, 1.165) is 24.6 Å². The molecule has 0 spiro atoms. The van der Waals surface area contributed by atoms with Crippen molar-refractivity contribution in [1.82, 2.24) is 19.7 Å². The van der Waals surface area contributed by atoms with Crippen LogP contribution in [0.4, 0.5) is 11.5 Å². The van der Waals surface area contributed by atoms with Gasteiger partial charge in [0.05, 0.1) is 47.1 Å². The van der Waals surface area contributed by atoms with Gasteiger partial charge in [-0.25, -0.2) is 9.67 Å². The van der Waals surface area contributed by atoms with Gasteiger partial charge in [-0.2, -0.15) is 10.4 Å². The number of nitrogens with zero attached hydrogens (tertiary/aromatic N) is 7. The van der Waals surface area contributed by atoms with E-state index in [1.54, 1.807) is 34.2 Å². The van der Waals surface area contributed by atoms with Crippen molar-refractivity contribution in [2.45, 2.75) is 19.4 Å². The van der Waals surface area contributed by atoms with Gasteiger partial charge >= 0.3 is 0 Å². The third-order valence-electron chi connectivity index (χ3n) is 5.17. The van der Waals surface area contributed by atoms with E-state index in [1.807, 2.05) is 18.2 Å². The van der Waals surface area contributed by atoms with Gasteiger partial charge in [0, 0.05) is 25.5 Å². The third-order valence-corrected chi connectivity index (χ3v) is 5.17. The van der Waals surface area contributed by atoms with E-state index >= 15 is 0 Å². The summed E-state index contributed by atoms with van der Waals surface area (Å²) >= 11 is 0. The second kappa shape index (κ2) is 6.46. The van der Waals surface area contributed by atoms with Crippen LogP contribution < -0.4 is 9.80 Å². The maximum absolute atomic E-state index is 12.8. The first-order valence-corrected chi connectivity index (χ1v) is 9.20. The zero-order valence-electron chi connectivity index (χ0n) is 15.1. The minimum Gasteiger partial charge on any atom is -0.357 e.